The fourth-order valence-corrected chi connectivity index (χ4v) is 3.16. The fraction of sp³-hybridized carbons (Fsp3) is 0.500. The number of anilines is 1. The Morgan fingerprint density at radius 1 is 1.53 bits per heavy atom. The number of thioether (sulfide) groups is 1. The fourth-order valence-electron chi connectivity index (χ4n) is 2.35. The zero-order valence-corrected chi connectivity index (χ0v) is 11.8. The van der Waals surface area contributed by atoms with E-state index in [0.717, 1.165) is 12.1 Å². The van der Waals surface area contributed by atoms with Gasteiger partial charge < -0.3 is 15.1 Å². The molecule has 104 valence electrons. The van der Waals surface area contributed by atoms with Gasteiger partial charge in [-0.05, 0) is 25.0 Å². The SMILES string of the molecule is CC1Cc2ccccc2N1C(=O)CSCC(O)CO. The van der Waals surface area contributed by atoms with Crippen LogP contribution in [0.3, 0.4) is 0 Å². The minimum absolute atomic E-state index is 0.0626. The van der Waals surface area contributed by atoms with Gasteiger partial charge in [-0.2, -0.15) is 0 Å². The van der Waals surface area contributed by atoms with Crippen LogP contribution < -0.4 is 4.90 Å². The van der Waals surface area contributed by atoms with Crippen molar-refractivity contribution >= 4 is 23.4 Å². The summed E-state index contributed by atoms with van der Waals surface area (Å²) in [6.07, 6.45) is 0.146. The number of carbonyl (C=O) groups excluding carboxylic acids is 1. The predicted molar refractivity (Wildman–Crippen MR) is 77.5 cm³/mol. The van der Waals surface area contributed by atoms with Gasteiger partial charge in [-0.3, -0.25) is 4.79 Å². The molecule has 1 aromatic carbocycles. The standard InChI is InChI=1S/C14H19NO3S/c1-10-6-11-4-2-3-5-13(11)15(10)14(18)9-19-8-12(17)7-16/h2-5,10,12,16-17H,6-9H2,1H3. The summed E-state index contributed by atoms with van der Waals surface area (Å²) < 4.78 is 0. The first-order valence-electron chi connectivity index (χ1n) is 6.40. The summed E-state index contributed by atoms with van der Waals surface area (Å²) in [5.74, 6) is 0.773. The summed E-state index contributed by atoms with van der Waals surface area (Å²) in [4.78, 5) is 14.1. The third-order valence-electron chi connectivity index (χ3n) is 3.22. The number of hydrogen-bond acceptors (Lipinski definition) is 4. The lowest BCUT2D eigenvalue weighted by atomic mass is 10.1. The maximum Gasteiger partial charge on any atom is 0.237 e. The summed E-state index contributed by atoms with van der Waals surface area (Å²) >= 11 is 1.36. The average Bonchev–Trinajstić information content (AvgIpc) is 2.74. The number of aliphatic hydroxyl groups excluding tert-OH is 2. The first-order chi connectivity index (χ1) is 9.13. The van der Waals surface area contributed by atoms with Crippen molar-refractivity contribution in [1.82, 2.24) is 0 Å². The van der Waals surface area contributed by atoms with Gasteiger partial charge in [0.2, 0.25) is 5.91 Å². The van der Waals surface area contributed by atoms with Crippen molar-refractivity contribution in [3.05, 3.63) is 29.8 Å². The first-order valence-corrected chi connectivity index (χ1v) is 7.55. The van der Waals surface area contributed by atoms with Crippen molar-refractivity contribution in [2.45, 2.75) is 25.5 Å². The molecule has 1 aromatic rings. The highest BCUT2D eigenvalue weighted by Crippen LogP contribution is 2.32. The number of hydrogen-bond donors (Lipinski definition) is 2. The molecule has 4 nitrogen and oxygen atoms in total. The molecule has 5 heteroatoms. The number of nitrogens with zero attached hydrogens (tertiary/aromatic N) is 1. The van der Waals surface area contributed by atoms with Crippen LogP contribution in [0.1, 0.15) is 12.5 Å². The monoisotopic (exact) mass is 281 g/mol. The van der Waals surface area contributed by atoms with Crippen LogP contribution in [0.2, 0.25) is 0 Å². The zero-order valence-electron chi connectivity index (χ0n) is 11.0. The van der Waals surface area contributed by atoms with Crippen LogP contribution in [0, 0.1) is 0 Å². The Hall–Kier alpha value is -1.04. The van der Waals surface area contributed by atoms with Crippen LogP contribution in [0.25, 0.3) is 0 Å². The Labute approximate surface area is 117 Å². The Morgan fingerprint density at radius 2 is 2.26 bits per heavy atom. The summed E-state index contributed by atoms with van der Waals surface area (Å²) in [6, 6.07) is 8.16. The van der Waals surface area contributed by atoms with Gasteiger partial charge in [0.25, 0.3) is 0 Å². The van der Waals surface area contributed by atoms with Gasteiger partial charge in [-0.25, -0.2) is 0 Å². The minimum atomic E-state index is -0.749. The van der Waals surface area contributed by atoms with Gasteiger partial charge in [0.05, 0.1) is 18.5 Å². The van der Waals surface area contributed by atoms with E-state index in [2.05, 4.69) is 6.07 Å². The molecule has 0 saturated heterocycles. The molecular weight excluding hydrogens is 262 g/mol. The number of amides is 1. The van der Waals surface area contributed by atoms with Crippen LogP contribution >= 0.6 is 11.8 Å². The topological polar surface area (TPSA) is 60.8 Å². The molecule has 0 spiro atoms. The van der Waals surface area contributed by atoms with Crippen molar-refractivity contribution in [3.8, 4) is 0 Å². The van der Waals surface area contributed by atoms with Crippen LogP contribution in [0.5, 0.6) is 0 Å². The summed E-state index contributed by atoms with van der Waals surface area (Å²) in [5, 5.41) is 18.0. The Kier molecular flexibility index (Phi) is 4.85. The Morgan fingerprint density at radius 3 is 3.00 bits per heavy atom. The van der Waals surface area contributed by atoms with Crippen LogP contribution in [0.15, 0.2) is 24.3 Å². The lowest BCUT2D eigenvalue weighted by Crippen LogP contribution is -2.37. The van der Waals surface area contributed by atoms with Gasteiger partial charge in [0.1, 0.15) is 0 Å². The Bertz CT molecular complexity index is 452. The molecule has 0 fully saturated rings. The number of rotatable bonds is 5. The lowest BCUT2D eigenvalue weighted by molar-refractivity contribution is -0.116. The molecule has 2 rings (SSSR count). The average molecular weight is 281 g/mol. The molecule has 0 saturated carbocycles. The molecule has 1 amide bonds. The molecule has 0 aromatic heterocycles. The number of fused-ring (bicyclic) bond motifs is 1. The van der Waals surface area contributed by atoms with Gasteiger partial charge >= 0.3 is 0 Å². The van der Waals surface area contributed by atoms with Crippen molar-refractivity contribution in [1.29, 1.82) is 0 Å². The minimum Gasteiger partial charge on any atom is -0.394 e. The molecule has 2 atom stereocenters. The van der Waals surface area contributed by atoms with E-state index in [0.29, 0.717) is 11.5 Å². The van der Waals surface area contributed by atoms with Crippen molar-refractivity contribution in [2.75, 3.05) is 23.0 Å². The van der Waals surface area contributed by atoms with Gasteiger partial charge in [-0.1, -0.05) is 18.2 Å². The number of carbonyl (C=O) groups is 1. The molecule has 2 unspecified atom stereocenters. The second kappa shape index (κ2) is 6.41. The molecule has 1 aliphatic rings. The number of aliphatic hydroxyl groups is 2. The molecule has 0 radical (unpaired) electrons. The highest BCUT2D eigenvalue weighted by atomic mass is 32.2. The number of benzene rings is 1. The first kappa shape index (κ1) is 14.4. The van der Waals surface area contributed by atoms with E-state index in [1.807, 2.05) is 30.0 Å². The Balaban J connectivity index is 1.96. The van der Waals surface area contributed by atoms with Crippen LogP contribution in [-0.2, 0) is 11.2 Å². The molecule has 0 bridgehead atoms. The van der Waals surface area contributed by atoms with E-state index in [1.165, 1.54) is 17.3 Å². The predicted octanol–water partition coefficient (Wildman–Crippen LogP) is 1.05. The van der Waals surface area contributed by atoms with Crippen LogP contribution in [-0.4, -0.2) is 46.4 Å². The van der Waals surface area contributed by atoms with E-state index >= 15 is 0 Å². The van der Waals surface area contributed by atoms with Crippen molar-refractivity contribution in [3.63, 3.8) is 0 Å². The summed E-state index contributed by atoms with van der Waals surface area (Å²) in [5.41, 5.74) is 2.21. The molecular formula is C14H19NO3S. The second-order valence-corrected chi connectivity index (χ2v) is 5.83. The lowest BCUT2D eigenvalue weighted by Gasteiger charge is -2.22. The third-order valence-corrected chi connectivity index (χ3v) is 4.29. The second-order valence-electron chi connectivity index (χ2n) is 4.80. The summed E-state index contributed by atoms with van der Waals surface area (Å²) in [7, 11) is 0. The quantitative estimate of drug-likeness (QED) is 0.847. The van der Waals surface area contributed by atoms with Crippen molar-refractivity contribution < 1.29 is 15.0 Å². The summed E-state index contributed by atoms with van der Waals surface area (Å²) in [6.45, 7) is 1.79. The highest BCUT2D eigenvalue weighted by molar-refractivity contribution is 8.00. The maximum atomic E-state index is 12.2. The molecule has 2 N–H and O–H groups in total. The van der Waals surface area contributed by atoms with E-state index < -0.39 is 6.10 Å². The molecule has 1 heterocycles. The van der Waals surface area contributed by atoms with Crippen molar-refractivity contribution in [2.24, 2.45) is 0 Å². The van der Waals surface area contributed by atoms with Gasteiger partial charge in [0, 0.05) is 17.5 Å². The van der Waals surface area contributed by atoms with E-state index in [1.54, 1.807) is 0 Å². The van der Waals surface area contributed by atoms with E-state index in [9.17, 15) is 9.90 Å². The molecule has 0 aliphatic carbocycles. The maximum absolute atomic E-state index is 12.2. The molecule has 19 heavy (non-hydrogen) atoms. The van der Waals surface area contributed by atoms with E-state index in [4.69, 9.17) is 5.11 Å². The van der Waals surface area contributed by atoms with E-state index in [-0.39, 0.29) is 18.6 Å². The normalized spacial score (nSPS) is 19.3. The zero-order chi connectivity index (χ0) is 13.8. The third kappa shape index (κ3) is 3.29. The molecule has 1 aliphatic heterocycles. The number of para-hydroxylation sites is 1. The smallest absolute Gasteiger partial charge is 0.237 e. The largest absolute Gasteiger partial charge is 0.394 e. The van der Waals surface area contributed by atoms with Crippen LogP contribution in [0.4, 0.5) is 5.69 Å². The van der Waals surface area contributed by atoms with Gasteiger partial charge in [-0.15, -0.1) is 11.8 Å². The van der Waals surface area contributed by atoms with Gasteiger partial charge in [0.15, 0.2) is 0 Å². The highest BCUT2D eigenvalue weighted by Gasteiger charge is 2.30.